The Hall–Kier alpha value is -6.74. The quantitative estimate of drug-likeness (QED) is 0.0787. The number of aliphatic hydroxyl groups excluding tert-OH is 1. The average Bonchev–Trinajstić information content (AvgIpc) is 1.68. The number of anilines is 6. The molecule has 5 aliphatic heterocycles. The zero-order valence-corrected chi connectivity index (χ0v) is 52.1. The van der Waals surface area contributed by atoms with Gasteiger partial charge >= 0.3 is 12.4 Å². The highest BCUT2D eigenvalue weighted by molar-refractivity contribution is 7.92. The number of hydrogen-bond acceptors (Lipinski definition) is 21. The molecule has 0 bridgehead atoms. The molecule has 6 aliphatic rings. The summed E-state index contributed by atoms with van der Waals surface area (Å²) in [6.45, 7) is 6.79. The first kappa shape index (κ1) is 62.5. The molecule has 21 nitrogen and oxygen atoms in total. The first-order valence-electron chi connectivity index (χ1n) is 29.1. The van der Waals surface area contributed by atoms with Crippen LogP contribution in [0.3, 0.4) is 0 Å². The standard InChI is InChI=1S/C58H64F6N12O9S4/c1-5-32-21-36(9-11-41(32)66-55-65-25-40(57(59,60)61)48(68-55)43-23-45-50(86-43)53(78)75(34-7-8-34)17-19-88(45,80)81)74-16-14-72(4)38(27-74)31-85-52-47(58(62,63)64)49(44-24-46-51(87-44)54(79)76(39-29-84-30-39)18-20-89(46,82)83)69-56(70-52)67-42-12-10-35(22-33(42)6-2)73-15-13-71(3)37(26-73)28-77/h9-12,21-25,34,37-39,77H,5-8,13-20,26-31H2,1-4H3,(H,65,66,68)(H,67,69,70)/t37-,38-/m1/s1. The number of sulfone groups is 2. The lowest BCUT2D eigenvalue weighted by molar-refractivity contribution is -0.139. The number of halogens is 6. The van der Waals surface area contributed by atoms with Crippen molar-refractivity contribution in [2.24, 2.45) is 0 Å². The molecule has 0 spiro atoms. The lowest BCUT2D eigenvalue weighted by Gasteiger charge is -2.40. The Morgan fingerprint density at radius 2 is 1.18 bits per heavy atom. The van der Waals surface area contributed by atoms with Gasteiger partial charge in [-0.25, -0.2) is 31.8 Å². The summed E-state index contributed by atoms with van der Waals surface area (Å²) < 4.78 is 158. The van der Waals surface area contributed by atoms with E-state index in [0.717, 1.165) is 23.4 Å². The van der Waals surface area contributed by atoms with Crippen molar-refractivity contribution in [1.29, 1.82) is 0 Å². The molecule has 3 N–H and O–H groups in total. The molecule has 2 aromatic carbocycles. The number of nitrogens with zero attached hydrogens (tertiary/aromatic N) is 10. The third-order valence-electron chi connectivity index (χ3n) is 17.3. The molecule has 31 heteroatoms. The normalized spacial score (nSPS) is 21.1. The summed E-state index contributed by atoms with van der Waals surface area (Å²) in [6.07, 6.45) is -7.20. The minimum absolute atomic E-state index is 0.0128. The number of fused-ring (bicyclic) bond motifs is 2. The Kier molecular flexibility index (Phi) is 16.9. The van der Waals surface area contributed by atoms with Crippen molar-refractivity contribution < 1.29 is 67.3 Å². The van der Waals surface area contributed by atoms with Gasteiger partial charge in [-0.1, -0.05) is 13.8 Å². The first-order valence-corrected chi connectivity index (χ1v) is 34.1. The Bertz CT molecular complexity index is 3970. The van der Waals surface area contributed by atoms with E-state index in [1.165, 1.54) is 9.80 Å². The average molecular weight is 1320 g/mol. The van der Waals surface area contributed by atoms with E-state index in [2.05, 4.69) is 40.4 Å². The van der Waals surface area contributed by atoms with Crippen LogP contribution in [0.1, 0.15) is 68.3 Å². The summed E-state index contributed by atoms with van der Waals surface area (Å²) in [7, 11) is -4.43. The molecule has 2 amide bonds. The maximum Gasteiger partial charge on any atom is 0.423 e. The van der Waals surface area contributed by atoms with Crippen molar-refractivity contribution in [3.8, 4) is 27.0 Å². The molecule has 2 atom stereocenters. The fourth-order valence-electron chi connectivity index (χ4n) is 11.8. The van der Waals surface area contributed by atoms with Crippen LogP contribution in [0.15, 0.2) is 64.5 Å². The topological polar surface area (TPSA) is 236 Å². The van der Waals surface area contributed by atoms with Crippen LogP contribution < -0.4 is 25.2 Å². The highest BCUT2D eigenvalue weighted by Gasteiger charge is 2.46. The van der Waals surface area contributed by atoms with Gasteiger partial charge in [0.1, 0.15) is 33.2 Å². The van der Waals surface area contributed by atoms with Crippen molar-refractivity contribution in [2.45, 2.75) is 85.8 Å². The number of aromatic nitrogens is 4. The van der Waals surface area contributed by atoms with Crippen LogP contribution in [0.2, 0.25) is 0 Å². The zero-order valence-electron chi connectivity index (χ0n) is 48.8. The van der Waals surface area contributed by atoms with Gasteiger partial charge in [0.25, 0.3) is 11.8 Å². The summed E-state index contributed by atoms with van der Waals surface area (Å²) >= 11 is 1.24. The molecule has 89 heavy (non-hydrogen) atoms. The molecule has 4 aromatic heterocycles. The van der Waals surface area contributed by atoms with Crippen LogP contribution in [-0.2, 0) is 49.6 Å². The second kappa shape index (κ2) is 24.1. The largest absolute Gasteiger partial charge is 0.475 e. The van der Waals surface area contributed by atoms with Crippen molar-refractivity contribution >= 4 is 88.8 Å². The number of hydrogen-bond donors (Lipinski definition) is 3. The molecule has 6 aromatic rings. The third-order valence-corrected chi connectivity index (χ3v) is 23.2. The highest BCUT2D eigenvalue weighted by Crippen LogP contribution is 2.48. The number of ether oxygens (including phenoxy) is 2. The summed E-state index contributed by atoms with van der Waals surface area (Å²) in [5, 5.41) is 16.2. The molecular formula is C58H64F6N12O9S4. The molecular weight excluding hydrogens is 1250 g/mol. The van der Waals surface area contributed by atoms with E-state index in [-0.39, 0.29) is 100 Å². The molecule has 0 unspecified atom stereocenters. The minimum atomic E-state index is -5.18. The minimum Gasteiger partial charge on any atom is -0.475 e. The summed E-state index contributed by atoms with van der Waals surface area (Å²) in [5.41, 5.74) is 0.0936. The Balaban J connectivity index is 0.836. The Labute approximate surface area is 517 Å². The van der Waals surface area contributed by atoms with Gasteiger partial charge in [0.05, 0.1) is 74.7 Å². The van der Waals surface area contributed by atoms with Gasteiger partial charge < -0.3 is 44.8 Å². The van der Waals surface area contributed by atoms with Crippen LogP contribution in [0, 0.1) is 0 Å². The van der Waals surface area contributed by atoms with Crippen molar-refractivity contribution in [1.82, 2.24) is 39.5 Å². The smallest absolute Gasteiger partial charge is 0.423 e. The fourth-order valence-corrected chi connectivity index (χ4v) is 17.6. The van der Waals surface area contributed by atoms with Crippen LogP contribution in [0.25, 0.3) is 21.1 Å². The highest BCUT2D eigenvalue weighted by atomic mass is 32.2. The molecule has 1 aliphatic carbocycles. The number of aliphatic hydroxyl groups is 1. The SMILES string of the molecule is CCc1cc(N2CCN(C)[C@@H](COc3nc(Nc4ccc(N5CCN(C)[C@@H](CO)C5)cc4CC)nc(-c4cc5c(s4)C(=O)N(C4COC4)CCS5(=O)=O)c3C(F)(F)F)C2)ccc1Nc1ncc(C(F)(F)F)c(-c2cc3c(s2)C(=O)N(C2CC2)CCS3(=O)=O)n1. The predicted octanol–water partition coefficient (Wildman–Crippen LogP) is 7.71. The van der Waals surface area contributed by atoms with Crippen molar-refractivity contribution in [3.63, 3.8) is 0 Å². The maximum atomic E-state index is 15.9. The van der Waals surface area contributed by atoms with E-state index in [9.17, 15) is 44.7 Å². The van der Waals surface area contributed by atoms with Crippen molar-refractivity contribution in [3.05, 3.63) is 86.7 Å². The zero-order chi connectivity index (χ0) is 63.1. The number of carbonyl (C=O) groups is 2. The molecule has 1 saturated carbocycles. The molecule has 12 rings (SSSR count). The van der Waals surface area contributed by atoms with E-state index in [4.69, 9.17) is 9.47 Å². The van der Waals surface area contributed by atoms with E-state index in [1.807, 2.05) is 48.9 Å². The summed E-state index contributed by atoms with van der Waals surface area (Å²) in [6, 6.07) is 11.9. The number of piperazine rings is 2. The number of carbonyl (C=O) groups excluding carboxylic acids is 2. The number of benzene rings is 2. The summed E-state index contributed by atoms with van der Waals surface area (Å²) in [4.78, 5) is 54.4. The van der Waals surface area contributed by atoms with Crippen LogP contribution >= 0.6 is 22.7 Å². The second-order valence-corrected chi connectivity index (χ2v) is 29.2. The second-order valence-electron chi connectivity index (χ2n) is 23.0. The molecule has 0 radical (unpaired) electrons. The Morgan fingerprint density at radius 1 is 0.663 bits per heavy atom. The van der Waals surface area contributed by atoms with Gasteiger partial charge in [0.2, 0.25) is 17.8 Å². The lowest BCUT2D eigenvalue weighted by atomic mass is 10.1. The van der Waals surface area contributed by atoms with Crippen LogP contribution in [0.5, 0.6) is 5.88 Å². The van der Waals surface area contributed by atoms with Crippen LogP contribution in [-0.4, -0.2) is 202 Å². The van der Waals surface area contributed by atoms with E-state index < -0.39 is 95.0 Å². The number of likely N-dealkylation sites (N-methyl/N-ethyl adjacent to an activating group) is 2. The van der Waals surface area contributed by atoms with Gasteiger partial charge in [-0.05, 0) is 99.4 Å². The van der Waals surface area contributed by atoms with E-state index in [1.54, 1.807) is 25.2 Å². The van der Waals surface area contributed by atoms with Crippen molar-refractivity contribution in [2.75, 3.05) is 125 Å². The summed E-state index contributed by atoms with van der Waals surface area (Å²) in [5.74, 6) is -3.37. The van der Waals surface area contributed by atoms with Gasteiger partial charge in [-0.15, -0.1) is 22.7 Å². The Morgan fingerprint density at radius 3 is 1.69 bits per heavy atom. The number of rotatable bonds is 16. The van der Waals surface area contributed by atoms with Gasteiger partial charge in [-0.2, -0.15) is 31.3 Å². The van der Waals surface area contributed by atoms with Gasteiger partial charge in [0.15, 0.2) is 19.7 Å². The molecule has 9 heterocycles. The number of aryl methyl sites for hydroxylation is 2. The van der Waals surface area contributed by atoms with Crippen LogP contribution in [0.4, 0.5) is 61.0 Å². The lowest BCUT2D eigenvalue weighted by Crippen LogP contribution is -2.54. The maximum absolute atomic E-state index is 15.9. The third kappa shape index (κ3) is 12.5. The van der Waals surface area contributed by atoms with E-state index in [0.29, 0.717) is 110 Å². The first-order chi connectivity index (χ1) is 42.3. The van der Waals surface area contributed by atoms with E-state index >= 15 is 13.2 Å². The van der Waals surface area contributed by atoms with Gasteiger partial charge in [0, 0.05) is 87.3 Å². The monoisotopic (exact) mass is 1310 g/mol. The molecule has 3 saturated heterocycles. The number of alkyl halides is 6. The number of amides is 2. The van der Waals surface area contributed by atoms with Gasteiger partial charge in [-0.3, -0.25) is 19.4 Å². The number of thiophene rings is 2. The molecule has 4 fully saturated rings. The predicted molar refractivity (Wildman–Crippen MR) is 323 cm³/mol. The fraction of sp³-hybridized carbons (Fsp3) is 0.483. The number of nitrogens with one attached hydrogen (secondary N) is 2. The molecule has 476 valence electrons.